The third-order valence-electron chi connectivity index (χ3n) is 2.98. The minimum atomic E-state index is -1.03. The summed E-state index contributed by atoms with van der Waals surface area (Å²) in [6, 6.07) is 2.90. The third-order valence-corrected chi connectivity index (χ3v) is 2.98. The van der Waals surface area contributed by atoms with Crippen molar-refractivity contribution in [1.29, 1.82) is 0 Å². The average molecular weight is 264 g/mol. The fraction of sp³-hybridized carbons (Fsp3) is 0.500. The summed E-state index contributed by atoms with van der Waals surface area (Å²) >= 11 is 0. The highest BCUT2D eigenvalue weighted by atomic mass is 16.4. The lowest BCUT2D eigenvalue weighted by atomic mass is 10.1. The molecule has 0 saturated heterocycles. The van der Waals surface area contributed by atoms with Gasteiger partial charge in [-0.1, -0.05) is 19.8 Å². The van der Waals surface area contributed by atoms with Crippen molar-refractivity contribution in [2.45, 2.75) is 33.1 Å². The Hall–Kier alpha value is -1.91. The van der Waals surface area contributed by atoms with Gasteiger partial charge in [0.1, 0.15) is 5.69 Å². The summed E-state index contributed by atoms with van der Waals surface area (Å²) in [4.78, 5) is 28.7. The molecule has 1 aromatic rings. The zero-order valence-electron chi connectivity index (χ0n) is 11.6. The molecule has 5 heteroatoms. The Labute approximate surface area is 113 Å². The molecule has 0 aliphatic rings. The van der Waals surface area contributed by atoms with E-state index in [2.05, 4.69) is 11.9 Å². The maximum Gasteiger partial charge on any atom is 0.337 e. The van der Waals surface area contributed by atoms with Crippen molar-refractivity contribution in [1.82, 2.24) is 9.88 Å². The molecule has 0 fully saturated rings. The standard InChI is InChI=1S/C14H20N2O3/c1-4-5-6-9-16(3)13(17)12-8-7-11(14(18)19)10(2)15-12/h7-8H,4-6,9H2,1-3H3,(H,18,19). The summed E-state index contributed by atoms with van der Waals surface area (Å²) in [7, 11) is 1.74. The Bertz CT molecular complexity index is 472. The van der Waals surface area contributed by atoms with Gasteiger partial charge in [0.2, 0.25) is 0 Å². The zero-order chi connectivity index (χ0) is 14.4. The minimum Gasteiger partial charge on any atom is -0.478 e. The largest absolute Gasteiger partial charge is 0.478 e. The Morgan fingerprint density at radius 2 is 2.00 bits per heavy atom. The number of carbonyl (C=O) groups excluding carboxylic acids is 1. The van der Waals surface area contributed by atoms with Gasteiger partial charge in [-0.25, -0.2) is 9.78 Å². The topological polar surface area (TPSA) is 70.5 Å². The number of aromatic carboxylic acids is 1. The highest BCUT2D eigenvalue weighted by molar-refractivity contribution is 5.94. The van der Waals surface area contributed by atoms with Crippen LogP contribution < -0.4 is 0 Å². The summed E-state index contributed by atoms with van der Waals surface area (Å²) in [5.41, 5.74) is 0.784. The van der Waals surface area contributed by atoms with Crippen LogP contribution in [0.4, 0.5) is 0 Å². The molecule has 5 nitrogen and oxygen atoms in total. The molecule has 104 valence electrons. The first-order chi connectivity index (χ1) is 8.97. The number of rotatable bonds is 6. The van der Waals surface area contributed by atoms with E-state index in [0.717, 1.165) is 19.3 Å². The monoisotopic (exact) mass is 264 g/mol. The highest BCUT2D eigenvalue weighted by Gasteiger charge is 2.15. The lowest BCUT2D eigenvalue weighted by molar-refractivity contribution is 0.0693. The molecule has 19 heavy (non-hydrogen) atoms. The molecule has 0 aromatic carbocycles. The normalized spacial score (nSPS) is 10.3. The van der Waals surface area contributed by atoms with Gasteiger partial charge in [-0.3, -0.25) is 4.79 Å². The van der Waals surface area contributed by atoms with E-state index in [1.54, 1.807) is 18.9 Å². The number of unbranched alkanes of at least 4 members (excludes halogenated alkanes) is 2. The van der Waals surface area contributed by atoms with Gasteiger partial charge in [-0.05, 0) is 25.5 Å². The Balaban J connectivity index is 2.77. The quantitative estimate of drug-likeness (QED) is 0.801. The molecule has 0 saturated carbocycles. The van der Waals surface area contributed by atoms with Crippen LogP contribution >= 0.6 is 0 Å². The van der Waals surface area contributed by atoms with Crippen LogP contribution in [0, 0.1) is 6.92 Å². The Morgan fingerprint density at radius 3 is 2.53 bits per heavy atom. The number of pyridine rings is 1. The number of amides is 1. The Morgan fingerprint density at radius 1 is 1.32 bits per heavy atom. The van der Waals surface area contributed by atoms with E-state index in [9.17, 15) is 9.59 Å². The second kappa shape index (κ2) is 6.87. The average Bonchev–Trinajstić information content (AvgIpc) is 2.37. The Kier molecular flexibility index (Phi) is 5.48. The fourth-order valence-electron chi connectivity index (χ4n) is 1.80. The van der Waals surface area contributed by atoms with Crippen molar-refractivity contribution in [2.75, 3.05) is 13.6 Å². The highest BCUT2D eigenvalue weighted by Crippen LogP contribution is 2.09. The van der Waals surface area contributed by atoms with E-state index in [1.807, 2.05) is 0 Å². The van der Waals surface area contributed by atoms with Crippen molar-refractivity contribution in [3.05, 3.63) is 29.1 Å². The van der Waals surface area contributed by atoms with Crippen LogP contribution in [-0.4, -0.2) is 40.5 Å². The lowest BCUT2D eigenvalue weighted by Crippen LogP contribution is -2.28. The number of nitrogens with zero attached hydrogens (tertiary/aromatic N) is 2. The van der Waals surface area contributed by atoms with Crippen molar-refractivity contribution in [3.63, 3.8) is 0 Å². The molecule has 0 bridgehead atoms. The van der Waals surface area contributed by atoms with E-state index in [-0.39, 0.29) is 11.5 Å². The lowest BCUT2D eigenvalue weighted by Gasteiger charge is -2.16. The van der Waals surface area contributed by atoms with E-state index >= 15 is 0 Å². The van der Waals surface area contributed by atoms with Crippen molar-refractivity contribution >= 4 is 11.9 Å². The molecule has 0 unspecified atom stereocenters. The summed E-state index contributed by atoms with van der Waals surface area (Å²) in [5.74, 6) is -1.20. The number of aryl methyl sites for hydroxylation is 1. The van der Waals surface area contributed by atoms with E-state index in [0.29, 0.717) is 17.9 Å². The fourth-order valence-corrected chi connectivity index (χ4v) is 1.80. The van der Waals surface area contributed by atoms with Gasteiger partial charge in [0.15, 0.2) is 0 Å². The van der Waals surface area contributed by atoms with Crippen LogP contribution in [0.5, 0.6) is 0 Å². The second-order valence-electron chi connectivity index (χ2n) is 4.57. The van der Waals surface area contributed by atoms with Gasteiger partial charge in [-0.2, -0.15) is 0 Å². The molecule has 1 amide bonds. The molecule has 0 aliphatic carbocycles. The van der Waals surface area contributed by atoms with Gasteiger partial charge in [0.05, 0.1) is 11.3 Å². The number of hydrogen-bond donors (Lipinski definition) is 1. The molecule has 1 heterocycles. The molecule has 1 rings (SSSR count). The predicted octanol–water partition coefficient (Wildman–Crippen LogP) is 2.35. The molecule has 0 spiro atoms. The van der Waals surface area contributed by atoms with Crippen LogP contribution in [0.25, 0.3) is 0 Å². The van der Waals surface area contributed by atoms with E-state index in [1.165, 1.54) is 12.1 Å². The first kappa shape index (κ1) is 15.1. The predicted molar refractivity (Wildman–Crippen MR) is 72.4 cm³/mol. The van der Waals surface area contributed by atoms with Gasteiger partial charge < -0.3 is 10.0 Å². The van der Waals surface area contributed by atoms with Gasteiger partial charge in [0, 0.05) is 13.6 Å². The summed E-state index contributed by atoms with van der Waals surface area (Å²) in [5, 5.41) is 8.91. The number of carboxylic acids is 1. The maximum atomic E-state index is 12.1. The zero-order valence-corrected chi connectivity index (χ0v) is 11.6. The van der Waals surface area contributed by atoms with Crippen LogP contribution in [0.15, 0.2) is 12.1 Å². The molecular formula is C14H20N2O3. The molecule has 1 aromatic heterocycles. The first-order valence-corrected chi connectivity index (χ1v) is 6.43. The molecule has 0 radical (unpaired) electrons. The van der Waals surface area contributed by atoms with Gasteiger partial charge >= 0.3 is 5.97 Å². The number of aromatic nitrogens is 1. The molecular weight excluding hydrogens is 244 g/mol. The number of hydrogen-bond acceptors (Lipinski definition) is 3. The molecule has 0 atom stereocenters. The minimum absolute atomic E-state index is 0.130. The van der Waals surface area contributed by atoms with Gasteiger partial charge in [0.25, 0.3) is 5.91 Å². The molecule has 1 N–H and O–H groups in total. The molecule has 0 aliphatic heterocycles. The van der Waals surface area contributed by atoms with Crippen molar-refractivity contribution < 1.29 is 14.7 Å². The van der Waals surface area contributed by atoms with Crippen LogP contribution in [-0.2, 0) is 0 Å². The van der Waals surface area contributed by atoms with Gasteiger partial charge in [-0.15, -0.1) is 0 Å². The SMILES string of the molecule is CCCCCN(C)C(=O)c1ccc(C(=O)O)c(C)n1. The van der Waals surface area contributed by atoms with Crippen molar-refractivity contribution in [2.24, 2.45) is 0 Å². The number of carboxylic acid groups (broad SMARTS) is 1. The third kappa shape index (κ3) is 4.05. The van der Waals surface area contributed by atoms with Crippen molar-refractivity contribution in [3.8, 4) is 0 Å². The summed E-state index contributed by atoms with van der Waals surface area (Å²) < 4.78 is 0. The first-order valence-electron chi connectivity index (χ1n) is 6.43. The van der Waals surface area contributed by atoms with Crippen LogP contribution in [0.1, 0.15) is 52.7 Å². The maximum absolute atomic E-state index is 12.1. The second-order valence-corrected chi connectivity index (χ2v) is 4.57. The van der Waals surface area contributed by atoms with E-state index in [4.69, 9.17) is 5.11 Å². The smallest absolute Gasteiger partial charge is 0.337 e. The summed E-state index contributed by atoms with van der Waals surface area (Å²) in [6.07, 6.45) is 3.15. The van der Waals surface area contributed by atoms with Crippen LogP contribution in [0.3, 0.4) is 0 Å². The number of carbonyl (C=O) groups is 2. The summed E-state index contributed by atoms with van der Waals surface area (Å²) in [6.45, 7) is 4.39. The van der Waals surface area contributed by atoms with E-state index < -0.39 is 5.97 Å². The van der Waals surface area contributed by atoms with Crippen LogP contribution in [0.2, 0.25) is 0 Å².